The number of fused-ring (bicyclic) bond motifs is 1. The molecule has 3 aromatic rings. The molecule has 32 heavy (non-hydrogen) atoms. The predicted molar refractivity (Wildman–Crippen MR) is 126 cm³/mol. The van der Waals surface area contributed by atoms with Gasteiger partial charge in [0.15, 0.2) is 11.5 Å². The molecule has 166 valence electrons. The minimum absolute atomic E-state index is 0.117. The van der Waals surface area contributed by atoms with Crippen molar-refractivity contribution < 1.29 is 14.4 Å². The highest BCUT2D eigenvalue weighted by atomic mass is 35.5. The summed E-state index contributed by atoms with van der Waals surface area (Å²) in [6.45, 7) is 2.55. The number of nitro groups is 1. The van der Waals surface area contributed by atoms with E-state index < -0.39 is 0 Å². The molecule has 0 saturated heterocycles. The second kappa shape index (κ2) is 9.59. The van der Waals surface area contributed by atoms with Crippen LogP contribution in [0.3, 0.4) is 0 Å². The van der Waals surface area contributed by atoms with Gasteiger partial charge >= 0.3 is 0 Å². The molecule has 1 heterocycles. The molecule has 0 N–H and O–H groups in total. The van der Waals surface area contributed by atoms with Gasteiger partial charge in [-0.15, -0.1) is 0 Å². The van der Waals surface area contributed by atoms with E-state index >= 15 is 0 Å². The average molecular weight is 453 g/mol. The fraction of sp³-hybridized carbons (Fsp3) is 0.280. The molecule has 0 aliphatic carbocycles. The number of rotatable bonds is 7. The third-order valence-corrected chi connectivity index (χ3v) is 6.29. The SMILES string of the molecule is COc1cc2c(c(-c3ccccc3Cl)c1OC)CN(CCc1ccc([N+](=O)[O-])cc1)CC2. The van der Waals surface area contributed by atoms with Crippen molar-refractivity contribution in [2.24, 2.45) is 0 Å². The fourth-order valence-electron chi connectivity index (χ4n) is 4.28. The number of nitro benzene ring substituents is 1. The van der Waals surface area contributed by atoms with Gasteiger partial charge in [0.2, 0.25) is 0 Å². The van der Waals surface area contributed by atoms with Crippen molar-refractivity contribution in [1.29, 1.82) is 0 Å². The highest BCUT2D eigenvalue weighted by Crippen LogP contribution is 2.46. The monoisotopic (exact) mass is 452 g/mol. The van der Waals surface area contributed by atoms with E-state index in [0.717, 1.165) is 49.2 Å². The molecule has 3 aromatic carbocycles. The van der Waals surface area contributed by atoms with Crippen molar-refractivity contribution in [3.05, 3.63) is 86.4 Å². The van der Waals surface area contributed by atoms with Gasteiger partial charge in [0.25, 0.3) is 5.69 Å². The normalized spacial score (nSPS) is 13.5. The zero-order valence-electron chi connectivity index (χ0n) is 18.1. The van der Waals surface area contributed by atoms with E-state index in [9.17, 15) is 10.1 Å². The second-order valence-corrected chi connectivity index (χ2v) is 8.21. The third kappa shape index (κ3) is 4.42. The average Bonchev–Trinajstić information content (AvgIpc) is 2.82. The lowest BCUT2D eigenvalue weighted by molar-refractivity contribution is -0.384. The van der Waals surface area contributed by atoms with E-state index in [0.29, 0.717) is 16.5 Å². The largest absolute Gasteiger partial charge is 0.493 e. The number of benzene rings is 3. The summed E-state index contributed by atoms with van der Waals surface area (Å²) < 4.78 is 11.4. The molecule has 6 nitrogen and oxygen atoms in total. The molecule has 1 aliphatic heterocycles. The van der Waals surface area contributed by atoms with Crippen molar-refractivity contribution in [3.63, 3.8) is 0 Å². The van der Waals surface area contributed by atoms with Crippen LogP contribution in [-0.2, 0) is 19.4 Å². The maximum absolute atomic E-state index is 10.9. The first-order valence-electron chi connectivity index (χ1n) is 10.5. The molecule has 0 bridgehead atoms. The van der Waals surface area contributed by atoms with Crippen LogP contribution in [0.25, 0.3) is 11.1 Å². The fourth-order valence-corrected chi connectivity index (χ4v) is 4.51. The van der Waals surface area contributed by atoms with Crippen LogP contribution in [0.4, 0.5) is 5.69 Å². The number of hydrogen-bond acceptors (Lipinski definition) is 5. The molecule has 0 aromatic heterocycles. The molecule has 0 amide bonds. The Bertz CT molecular complexity index is 1130. The Morgan fingerprint density at radius 3 is 2.50 bits per heavy atom. The van der Waals surface area contributed by atoms with Gasteiger partial charge in [0.1, 0.15) is 0 Å². The number of ether oxygens (including phenoxy) is 2. The molecule has 1 aliphatic rings. The Morgan fingerprint density at radius 2 is 1.84 bits per heavy atom. The Hall–Kier alpha value is -3.09. The number of methoxy groups -OCH3 is 2. The maximum atomic E-state index is 10.9. The van der Waals surface area contributed by atoms with Crippen molar-refractivity contribution >= 4 is 17.3 Å². The summed E-state index contributed by atoms with van der Waals surface area (Å²) in [5, 5.41) is 11.5. The molecular weight excluding hydrogens is 428 g/mol. The van der Waals surface area contributed by atoms with E-state index in [1.165, 1.54) is 11.1 Å². The Morgan fingerprint density at radius 1 is 1.09 bits per heavy atom. The first-order valence-corrected chi connectivity index (χ1v) is 10.9. The molecule has 0 unspecified atom stereocenters. The van der Waals surface area contributed by atoms with Crippen LogP contribution >= 0.6 is 11.6 Å². The Kier molecular flexibility index (Phi) is 6.63. The lowest BCUT2D eigenvalue weighted by Crippen LogP contribution is -2.32. The van der Waals surface area contributed by atoms with Gasteiger partial charge in [-0.25, -0.2) is 0 Å². The minimum atomic E-state index is -0.372. The van der Waals surface area contributed by atoms with Crippen LogP contribution < -0.4 is 9.47 Å². The van der Waals surface area contributed by atoms with Gasteiger partial charge in [-0.05, 0) is 41.7 Å². The molecule has 0 fully saturated rings. The molecule has 4 rings (SSSR count). The zero-order valence-corrected chi connectivity index (χ0v) is 18.9. The third-order valence-electron chi connectivity index (χ3n) is 5.96. The van der Waals surface area contributed by atoms with E-state index in [-0.39, 0.29) is 10.6 Å². The summed E-state index contributed by atoms with van der Waals surface area (Å²) in [6, 6.07) is 16.7. The summed E-state index contributed by atoms with van der Waals surface area (Å²) >= 11 is 6.58. The van der Waals surface area contributed by atoms with E-state index in [4.69, 9.17) is 21.1 Å². The minimum Gasteiger partial charge on any atom is -0.493 e. The van der Waals surface area contributed by atoms with Crippen LogP contribution in [0.15, 0.2) is 54.6 Å². The Labute approximate surface area is 192 Å². The summed E-state index contributed by atoms with van der Waals surface area (Å²) in [4.78, 5) is 12.9. The number of halogens is 1. The number of non-ortho nitro benzene ring substituents is 1. The summed E-state index contributed by atoms with van der Waals surface area (Å²) in [6.07, 6.45) is 1.72. The quantitative estimate of drug-likeness (QED) is 0.348. The van der Waals surface area contributed by atoms with E-state index in [2.05, 4.69) is 11.0 Å². The van der Waals surface area contributed by atoms with Gasteiger partial charge in [-0.1, -0.05) is 41.9 Å². The van der Waals surface area contributed by atoms with Crippen molar-refractivity contribution in [3.8, 4) is 22.6 Å². The molecule has 0 spiro atoms. The summed E-state index contributed by atoms with van der Waals surface area (Å²) in [7, 11) is 3.31. The highest BCUT2D eigenvalue weighted by Gasteiger charge is 2.26. The van der Waals surface area contributed by atoms with Crippen molar-refractivity contribution in [2.75, 3.05) is 27.3 Å². The summed E-state index contributed by atoms with van der Waals surface area (Å²) in [5.74, 6) is 1.40. The Balaban J connectivity index is 1.63. The van der Waals surface area contributed by atoms with Crippen LogP contribution in [-0.4, -0.2) is 37.1 Å². The molecule has 7 heteroatoms. The molecule has 0 saturated carbocycles. The van der Waals surface area contributed by atoms with Crippen LogP contribution in [0.1, 0.15) is 16.7 Å². The molecule has 0 radical (unpaired) electrons. The summed E-state index contributed by atoms with van der Waals surface area (Å²) in [5.41, 5.74) is 5.55. The molecule has 0 atom stereocenters. The maximum Gasteiger partial charge on any atom is 0.269 e. The van der Waals surface area contributed by atoms with Crippen molar-refractivity contribution in [1.82, 2.24) is 4.90 Å². The standard InChI is InChI=1S/C25H25ClN2O4/c1-31-23-15-18-12-14-27(13-11-17-7-9-19(10-8-17)28(29)30)16-21(18)24(25(23)32-2)20-5-3-4-6-22(20)26/h3-10,15H,11-14,16H2,1-2H3. The lowest BCUT2D eigenvalue weighted by Gasteiger charge is -2.32. The van der Waals surface area contributed by atoms with E-state index in [1.54, 1.807) is 26.4 Å². The van der Waals surface area contributed by atoms with E-state index in [1.807, 2.05) is 36.4 Å². The van der Waals surface area contributed by atoms with Crippen LogP contribution in [0, 0.1) is 10.1 Å². The number of nitrogens with zero attached hydrogens (tertiary/aromatic N) is 2. The lowest BCUT2D eigenvalue weighted by atomic mass is 9.89. The molecular formula is C25H25ClN2O4. The first kappa shape index (κ1) is 22.1. The zero-order chi connectivity index (χ0) is 22.7. The van der Waals surface area contributed by atoms with Gasteiger partial charge in [0, 0.05) is 47.9 Å². The van der Waals surface area contributed by atoms with Gasteiger partial charge < -0.3 is 9.47 Å². The van der Waals surface area contributed by atoms with Crippen LogP contribution in [0.2, 0.25) is 5.02 Å². The van der Waals surface area contributed by atoms with Gasteiger partial charge in [0.05, 0.1) is 19.1 Å². The van der Waals surface area contributed by atoms with Gasteiger partial charge in [-0.2, -0.15) is 0 Å². The number of hydrogen-bond donors (Lipinski definition) is 0. The first-order chi connectivity index (χ1) is 15.5. The van der Waals surface area contributed by atoms with Crippen LogP contribution in [0.5, 0.6) is 11.5 Å². The predicted octanol–water partition coefficient (Wildman–Crippen LogP) is 5.53. The van der Waals surface area contributed by atoms with Gasteiger partial charge in [-0.3, -0.25) is 15.0 Å². The smallest absolute Gasteiger partial charge is 0.269 e. The highest BCUT2D eigenvalue weighted by molar-refractivity contribution is 6.33. The second-order valence-electron chi connectivity index (χ2n) is 7.80. The topological polar surface area (TPSA) is 64.8 Å². The van der Waals surface area contributed by atoms with Crippen molar-refractivity contribution in [2.45, 2.75) is 19.4 Å².